The maximum absolute atomic E-state index is 12.8. The minimum atomic E-state index is 0.0661. The first-order chi connectivity index (χ1) is 12.0. The van der Waals surface area contributed by atoms with Gasteiger partial charge in [0.2, 0.25) is 0 Å². The van der Waals surface area contributed by atoms with E-state index in [1.54, 1.807) is 12.3 Å². The highest BCUT2D eigenvalue weighted by atomic mass is 16.3. The van der Waals surface area contributed by atoms with Crippen LogP contribution in [0.15, 0.2) is 41.2 Å². The van der Waals surface area contributed by atoms with Crippen LogP contribution in [0, 0.1) is 12.0 Å². The zero-order chi connectivity index (χ0) is 18.0. The van der Waals surface area contributed by atoms with Crippen LogP contribution in [-0.2, 0) is 0 Å². The number of amides is 1. The SMILES string of the molecule is CC(C)c1[c]ccc(N2CCN(C(=O)c3ccoc3)C(C(C)C)C2)c1. The van der Waals surface area contributed by atoms with Gasteiger partial charge < -0.3 is 14.2 Å². The Morgan fingerprint density at radius 2 is 2.04 bits per heavy atom. The third-order valence-corrected chi connectivity index (χ3v) is 5.01. The lowest BCUT2D eigenvalue weighted by Crippen LogP contribution is -2.57. The molecular weight excluding hydrogens is 312 g/mol. The van der Waals surface area contributed by atoms with Crippen molar-refractivity contribution in [3.05, 3.63) is 54.0 Å². The van der Waals surface area contributed by atoms with Gasteiger partial charge in [-0.1, -0.05) is 33.8 Å². The number of hydrogen-bond donors (Lipinski definition) is 0. The topological polar surface area (TPSA) is 36.7 Å². The molecule has 133 valence electrons. The molecule has 4 heteroatoms. The van der Waals surface area contributed by atoms with Crippen LogP contribution in [0.3, 0.4) is 0 Å². The van der Waals surface area contributed by atoms with Crippen molar-refractivity contribution in [2.24, 2.45) is 5.92 Å². The zero-order valence-corrected chi connectivity index (χ0v) is 15.5. The number of carbonyl (C=O) groups is 1. The molecule has 1 amide bonds. The first-order valence-electron chi connectivity index (χ1n) is 9.07. The fourth-order valence-corrected chi connectivity index (χ4v) is 3.42. The standard InChI is InChI=1S/C21H27N2O2/c1-15(2)17-6-5-7-19(12-17)22-9-10-23(20(13-22)16(3)4)21(24)18-8-11-25-14-18/h5,7-8,11-12,14-16,20H,9-10,13H2,1-4H3. The van der Waals surface area contributed by atoms with E-state index in [0.717, 1.165) is 19.6 Å². The molecule has 1 fully saturated rings. The summed E-state index contributed by atoms with van der Waals surface area (Å²) in [6, 6.07) is 11.6. The first kappa shape index (κ1) is 17.6. The van der Waals surface area contributed by atoms with Crippen molar-refractivity contribution in [2.75, 3.05) is 24.5 Å². The van der Waals surface area contributed by atoms with E-state index in [2.05, 4.69) is 50.8 Å². The molecule has 2 heterocycles. The van der Waals surface area contributed by atoms with Crippen molar-refractivity contribution >= 4 is 11.6 Å². The van der Waals surface area contributed by atoms with Gasteiger partial charge in [-0.3, -0.25) is 4.79 Å². The van der Waals surface area contributed by atoms with Crippen molar-refractivity contribution in [1.82, 2.24) is 4.90 Å². The lowest BCUT2D eigenvalue weighted by atomic mass is 9.97. The smallest absolute Gasteiger partial charge is 0.257 e. The maximum atomic E-state index is 12.8. The Kier molecular flexibility index (Phi) is 5.16. The minimum absolute atomic E-state index is 0.0661. The Labute approximate surface area is 150 Å². The lowest BCUT2D eigenvalue weighted by molar-refractivity contribution is 0.0599. The molecule has 1 unspecified atom stereocenters. The predicted octanol–water partition coefficient (Wildman–Crippen LogP) is 4.19. The van der Waals surface area contributed by atoms with Crippen LogP contribution in [0.5, 0.6) is 0 Å². The molecule has 1 radical (unpaired) electrons. The van der Waals surface area contributed by atoms with E-state index in [-0.39, 0.29) is 11.9 Å². The molecule has 0 aliphatic carbocycles. The summed E-state index contributed by atoms with van der Waals surface area (Å²) in [5, 5.41) is 0. The van der Waals surface area contributed by atoms with Crippen LogP contribution in [0.1, 0.15) is 49.5 Å². The van der Waals surface area contributed by atoms with Gasteiger partial charge in [0, 0.05) is 25.3 Å². The molecule has 25 heavy (non-hydrogen) atoms. The summed E-state index contributed by atoms with van der Waals surface area (Å²) in [5.74, 6) is 0.916. The van der Waals surface area contributed by atoms with Gasteiger partial charge in [-0.25, -0.2) is 0 Å². The number of furan rings is 1. The largest absolute Gasteiger partial charge is 0.472 e. The first-order valence-corrected chi connectivity index (χ1v) is 9.07. The highest BCUT2D eigenvalue weighted by Crippen LogP contribution is 2.26. The molecular formula is C21H27N2O2. The van der Waals surface area contributed by atoms with E-state index < -0.39 is 0 Å². The summed E-state index contributed by atoms with van der Waals surface area (Å²) in [6.45, 7) is 11.2. The van der Waals surface area contributed by atoms with Gasteiger partial charge in [-0.05, 0) is 41.7 Å². The number of nitrogens with zero attached hydrogens (tertiary/aromatic N) is 2. The molecule has 1 aromatic carbocycles. The second-order valence-electron chi connectivity index (χ2n) is 7.42. The average Bonchev–Trinajstić information content (AvgIpc) is 3.15. The summed E-state index contributed by atoms with van der Waals surface area (Å²) >= 11 is 0. The molecule has 1 saturated heterocycles. The Morgan fingerprint density at radius 1 is 1.24 bits per heavy atom. The van der Waals surface area contributed by atoms with Crippen LogP contribution in [-0.4, -0.2) is 36.5 Å². The van der Waals surface area contributed by atoms with Gasteiger partial charge >= 0.3 is 0 Å². The molecule has 1 aliphatic rings. The van der Waals surface area contributed by atoms with Crippen LogP contribution in [0.2, 0.25) is 0 Å². The third-order valence-electron chi connectivity index (χ3n) is 5.01. The van der Waals surface area contributed by atoms with E-state index in [0.29, 0.717) is 17.4 Å². The number of carbonyl (C=O) groups excluding carboxylic acids is 1. The predicted molar refractivity (Wildman–Crippen MR) is 100.0 cm³/mol. The number of rotatable bonds is 4. The van der Waals surface area contributed by atoms with Gasteiger partial charge in [0.05, 0.1) is 17.9 Å². The average molecular weight is 339 g/mol. The molecule has 4 nitrogen and oxygen atoms in total. The zero-order valence-electron chi connectivity index (χ0n) is 15.5. The fourth-order valence-electron chi connectivity index (χ4n) is 3.42. The van der Waals surface area contributed by atoms with E-state index in [4.69, 9.17) is 4.42 Å². The van der Waals surface area contributed by atoms with Gasteiger partial charge in [0.15, 0.2) is 0 Å². The fraction of sp³-hybridized carbons (Fsp3) is 0.476. The molecule has 1 aliphatic heterocycles. The number of piperazine rings is 1. The monoisotopic (exact) mass is 339 g/mol. The van der Waals surface area contributed by atoms with Crippen molar-refractivity contribution in [1.29, 1.82) is 0 Å². The molecule has 0 spiro atoms. The summed E-state index contributed by atoms with van der Waals surface area (Å²) in [7, 11) is 0. The van der Waals surface area contributed by atoms with Crippen molar-refractivity contribution in [2.45, 2.75) is 39.7 Å². The van der Waals surface area contributed by atoms with E-state index in [1.165, 1.54) is 17.5 Å². The Balaban J connectivity index is 1.80. The molecule has 0 bridgehead atoms. The quantitative estimate of drug-likeness (QED) is 0.838. The van der Waals surface area contributed by atoms with Crippen LogP contribution in [0.4, 0.5) is 5.69 Å². The molecule has 0 saturated carbocycles. The number of hydrogen-bond acceptors (Lipinski definition) is 3. The highest BCUT2D eigenvalue weighted by molar-refractivity contribution is 5.94. The van der Waals surface area contributed by atoms with Crippen molar-refractivity contribution in [3.63, 3.8) is 0 Å². The van der Waals surface area contributed by atoms with Gasteiger partial charge in [0.1, 0.15) is 6.26 Å². The second-order valence-corrected chi connectivity index (χ2v) is 7.42. The van der Waals surface area contributed by atoms with Crippen molar-refractivity contribution < 1.29 is 9.21 Å². The molecule has 1 aromatic heterocycles. The van der Waals surface area contributed by atoms with Gasteiger partial charge in [-0.15, -0.1) is 0 Å². The maximum Gasteiger partial charge on any atom is 0.257 e. The minimum Gasteiger partial charge on any atom is -0.472 e. The molecule has 0 N–H and O–H groups in total. The number of benzene rings is 1. The Bertz CT molecular complexity index is 706. The van der Waals surface area contributed by atoms with Crippen LogP contribution >= 0.6 is 0 Å². The molecule has 1 atom stereocenters. The van der Waals surface area contributed by atoms with Crippen molar-refractivity contribution in [3.8, 4) is 0 Å². The Hall–Kier alpha value is -2.23. The summed E-state index contributed by atoms with van der Waals surface area (Å²) < 4.78 is 5.09. The van der Waals surface area contributed by atoms with Gasteiger partial charge in [-0.2, -0.15) is 0 Å². The van der Waals surface area contributed by atoms with Crippen LogP contribution < -0.4 is 4.90 Å². The van der Waals surface area contributed by atoms with Crippen LogP contribution in [0.25, 0.3) is 0 Å². The van der Waals surface area contributed by atoms with E-state index in [1.807, 2.05) is 11.0 Å². The second kappa shape index (κ2) is 7.34. The summed E-state index contributed by atoms with van der Waals surface area (Å²) in [4.78, 5) is 17.2. The lowest BCUT2D eigenvalue weighted by Gasteiger charge is -2.44. The third kappa shape index (κ3) is 3.73. The summed E-state index contributed by atoms with van der Waals surface area (Å²) in [5.41, 5.74) is 3.09. The van der Waals surface area contributed by atoms with E-state index >= 15 is 0 Å². The molecule has 2 aromatic rings. The summed E-state index contributed by atoms with van der Waals surface area (Å²) in [6.07, 6.45) is 3.09. The van der Waals surface area contributed by atoms with Gasteiger partial charge in [0.25, 0.3) is 5.91 Å². The van der Waals surface area contributed by atoms with E-state index in [9.17, 15) is 4.79 Å². The Morgan fingerprint density at radius 3 is 2.68 bits per heavy atom. The normalized spacial score (nSPS) is 18.2. The molecule has 3 rings (SSSR count). The number of anilines is 1. The highest BCUT2D eigenvalue weighted by Gasteiger charge is 2.33.